The van der Waals surface area contributed by atoms with Gasteiger partial charge in [-0.15, -0.1) is 0 Å². The highest BCUT2D eigenvalue weighted by Crippen LogP contribution is 2.17. The van der Waals surface area contributed by atoms with Crippen LogP contribution in [0.4, 0.5) is 10.5 Å². The highest BCUT2D eigenvalue weighted by atomic mass is 16.5. The van der Waals surface area contributed by atoms with E-state index in [2.05, 4.69) is 25.6 Å². The molecule has 1 aromatic heterocycles. The van der Waals surface area contributed by atoms with Gasteiger partial charge in [-0.2, -0.15) is 15.4 Å². The van der Waals surface area contributed by atoms with Crippen LogP contribution in [0.5, 0.6) is 0 Å². The Labute approximate surface area is 141 Å². The molecule has 3 rings (SSSR count). The van der Waals surface area contributed by atoms with Gasteiger partial charge >= 0.3 is 6.03 Å². The Balaban J connectivity index is 1.66. The van der Waals surface area contributed by atoms with Crippen LogP contribution >= 0.6 is 0 Å². The molecular weight excluding hydrogens is 308 g/mol. The zero-order chi connectivity index (χ0) is 16.9. The molecule has 24 heavy (non-hydrogen) atoms. The normalized spacial score (nSPS) is 17.5. The van der Waals surface area contributed by atoms with Crippen molar-refractivity contribution in [3.05, 3.63) is 18.2 Å². The Hall–Kier alpha value is -2.19. The topological polar surface area (TPSA) is 86.4 Å². The van der Waals surface area contributed by atoms with E-state index in [1.807, 2.05) is 37.2 Å². The number of ether oxygens (including phenoxy) is 1. The molecule has 1 aromatic carbocycles. The fourth-order valence-corrected chi connectivity index (χ4v) is 2.75. The lowest BCUT2D eigenvalue weighted by molar-refractivity contribution is 0.0820. The van der Waals surface area contributed by atoms with E-state index in [1.165, 1.54) is 0 Å². The number of aromatic amines is 1. The lowest BCUT2D eigenvalue weighted by Gasteiger charge is -2.27. The van der Waals surface area contributed by atoms with Gasteiger partial charge in [-0.1, -0.05) is 0 Å². The number of amides is 2. The second-order valence-corrected chi connectivity index (χ2v) is 6.34. The molecule has 0 bridgehead atoms. The van der Waals surface area contributed by atoms with Gasteiger partial charge in [-0.25, -0.2) is 4.79 Å². The highest BCUT2D eigenvalue weighted by Gasteiger charge is 2.22. The average molecular weight is 332 g/mol. The van der Waals surface area contributed by atoms with Crippen LogP contribution in [0.3, 0.4) is 0 Å². The monoisotopic (exact) mass is 332 g/mol. The predicted molar refractivity (Wildman–Crippen MR) is 92.0 cm³/mol. The number of anilines is 1. The zero-order valence-corrected chi connectivity index (χ0v) is 14.2. The first kappa shape index (κ1) is 16.7. The number of H-pyrrole nitrogens is 1. The largest absolute Gasteiger partial charge is 0.376 e. The second kappa shape index (κ2) is 7.59. The molecule has 0 aliphatic carbocycles. The summed E-state index contributed by atoms with van der Waals surface area (Å²) < 4.78 is 5.68. The van der Waals surface area contributed by atoms with Gasteiger partial charge in [0.2, 0.25) is 0 Å². The summed E-state index contributed by atoms with van der Waals surface area (Å²) in [7, 11) is 4.00. The summed E-state index contributed by atoms with van der Waals surface area (Å²) in [6.45, 7) is 2.87. The van der Waals surface area contributed by atoms with E-state index in [0.29, 0.717) is 18.8 Å². The van der Waals surface area contributed by atoms with Gasteiger partial charge < -0.3 is 19.9 Å². The van der Waals surface area contributed by atoms with Gasteiger partial charge in [0.15, 0.2) is 0 Å². The third kappa shape index (κ3) is 4.21. The smallest absolute Gasteiger partial charge is 0.321 e. The van der Waals surface area contributed by atoms with Gasteiger partial charge in [0.1, 0.15) is 11.0 Å². The van der Waals surface area contributed by atoms with Crippen molar-refractivity contribution in [3.8, 4) is 0 Å². The number of rotatable bonds is 6. The van der Waals surface area contributed by atoms with Crippen LogP contribution in [0.1, 0.15) is 12.8 Å². The summed E-state index contributed by atoms with van der Waals surface area (Å²) in [5.41, 5.74) is 2.21. The summed E-state index contributed by atoms with van der Waals surface area (Å²) in [5.74, 6) is 0. The standard InChI is InChI=1S/C16H24N6O2/c1-21(2)7-8-22(11-13-4-3-9-24-13)16(23)17-12-5-6-14-15(10-12)19-20-18-14/h5-6,10,13H,3-4,7-9,11H2,1-2H3,(H,17,23)(H,18,19,20). The molecule has 1 aliphatic heterocycles. The number of fused-ring (bicyclic) bond motifs is 1. The first-order valence-electron chi connectivity index (χ1n) is 8.24. The van der Waals surface area contributed by atoms with Gasteiger partial charge in [0.05, 0.1) is 6.10 Å². The SMILES string of the molecule is CN(C)CCN(CC1CCCO1)C(=O)Nc1ccc2n[nH]nc2c1. The number of benzene rings is 1. The summed E-state index contributed by atoms with van der Waals surface area (Å²) in [6, 6.07) is 5.36. The third-order valence-electron chi connectivity index (χ3n) is 4.12. The first-order valence-corrected chi connectivity index (χ1v) is 8.24. The number of aromatic nitrogens is 3. The maximum absolute atomic E-state index is 12.7. The van der Waals surface area contributed by atoms with Gasteiger partial charge in [-0.3, -0.25) is 0 Å². The van der Waals surface area contributed by atoms with Crippen LogP contribution in [-0.2, 0) is 4.74 Å². The number of nitrogens with one attached hydrogen (secondary N) is 2. The quantitative estimate of drug-likeness (QED) is 0.838. The number of hydrogen-bond donors (Lipinski definition) is 2. The number of nitrogens with zero attached hydrogens (tertiary/aromatic N) is 4. The van der Waals surface area contributed by atoms with Crippen molar-refractivity contribution in [2.75, 3.05) is 45.7 Å². The summed E-state index contributed by atoms with van der Waals surface area (Å²) in [6.07, 6.45) is 2.21. The molecule has 2 heterocycles. The van der Waals surface area contributed by atoms with E-state index in [1.54, 1.807) is 0 Å². The second-order valence-electron chi connectivity index (χ2n) is 6.34. The molecule has 1 unspecified atom stereocenters. The fourth-order valence-electron chi connectivity index (χ4n) is 2.75. The Morgan fingerprint density at radius 2 is 2.17 bits per heavy atom. The van der Waals surface area contributed by atoms with Crippen molar-refractivity contribution in [1.29, 1.82) is 0 Å². The summed E-state index contributed by atoms with van der Waals surface area (Å²) in [5, 5.41) is 13.6. The summed E-state index contributed by atoms with van der Waals surface area (Å²) >= 11 is 0. The highest BCUT2D eigenvalue weighted by molar-refractivity contribution is 5.91. The lowest BCUT2D eigenvalue weighted by Crippen LogP contribution is -2.43. The molecule has 8 heteroatoms. The van der Waals surface area contributed by atoms with E-state index in [0.717, 1.165) is 37.0 Å². The maximum Gasteiger partial charge on any atom is 0.321 e. The van der Waals surface area contributed by atoms with E-state index in [4.69, 9.17) is 4.74 Å². The van der Waals surface area contributed by atoms with Gasteiger partial charge in [0, 0.05) is 31.9 Å². The van der Waals surface area contributed by atoms with Crippen LogP contribution in [0.15, 0.2) is 18.2 Å². The Morgan fingerprint density at radius 3 is 2.92 bits per heavy atom. The molecule has 0 spiro atoms. The number of carbonyl (C=O) groups excluding carboxylic acids is 1. The van der Waals surface area contributed by atoms with Gasteiger partial charge in [-0.05, 0) is 45.1 Å². The molecule has 0 saturated carbocycles. The van der Waals surface area contributed by atoms with E-state index in [-0.39, 0.29) is 12.1 Å². The molecule has 1 atom stereocenters. The number of urea groups is 1. The molecule has 1 saturated heterocycles. The lowest BCUT2D eigenvalue weighted by atomic mass is 10.2. The molecule has 2 N–H and O–H groups in total. The van der Waals surface area contributed by atoms with Gasteiger partial charge in [0.25, 0.3) is 0 Å². The predicted octanol–water partition coefficient (Wildman–Crippen LogP) is 1.53. The Bertz CT molecular complexity index is 680. The first-order chi connectivity index (χ1) is 11.6. The minimum atomic E-state index is -0.116. The Kier molecular flexibility index (Phi) is 5.27. The number of likely N-dealkylation sites (N-methyl/N-ethyl adjacent to an activating group) is 1. The molecule has 2 amide bonds. The molecule has 8 nitrogen and oxygen atoms in total. The van der Waals surface area contributed by atoms with E-state index in [9.17, 15) is 4.79 Å². The van der Waals surface area contributed by atoms with Crippen molar-refractivity contribution in [2.24, 2.45) is 0 Å². The molecular formula is C16H24N6O2. The molecule has 0 radical (unpaired) electrons. The molecule has 2 aromatic rings. The van der Waals surface area contributed by atoms with Crippen LogP contribution in [0.2, 0.25) is 0 Å². The van der Waals surface area contributed by atoms with Crippen molar-refractivity contribution in [1.82, 2.24) is 25.2 Å². The zero-order valence-electron chi connectivity index (χ0n) is 14.2. The molecule has 1 aliphatic rings. The molecule has 1 fully saturated rings. The van der Waals surface area contributed by atoms with E-state index >= 15 is 0 Å². The van der Waals surface area contributed by atoms with Crippen LogP contribution in [0, 0.1) is 0 Å². The minimum absolute atomic E-state index is 0.116. The minimum Gasteiger partial charge on any atom is -0.376 e. The van der Waals surface area contributed by atoms with Crippen molar-refractivity contribution >= 4 is 22.8 Å². The number of hydrogen-bond acceptors (Lipinski definition) is 5. The van der Waals surface area contributed by atoms with Crippen molar-refractivity contribution in [2.45, 2.75) is 18.9 Å². The van der Waals surface area contributed by atoms with Crippen LogP contribution in [-0.4, -0.2) is 77.7 Å². The average Bonchev–Trinajstić information content (AvgIpc) is 3.21. The molecule has 130 valence electrons. The van der Waals surface area contributed by atoms with E-state index < -0.39 is 0 Å². The Morgan fingerprint density at radius 1 is 1.33 bits per heavy atom. The van der Waals surface area contributed by atoms with Crippen LogP contribution in [0.25, 0.3) is 11.0 Å². The van der Waals surface area contributed by atoms with Crippen molar-refractivity contribution in [3.63, 3.8) is 0 Å². The van der Waals surface area contributed by atoms with Crippen LogP contribution < -0.4 is 5.32 Å². The maximum atomic E-state index is 12.7. The number of carbonyl (C=O) groups is 1. The van der Waals surface area contributed by atoms with Crippen molar-refractivity contribution < 1.29 is 9.53 Å². The third-order valence-corrected chi connectivity index (χ3v) is 4.12. The summed E-state index contributed by atoms with van der Waals surface area (Å²) in [4.78, 5) is 16.6. The fraction of sp³-hybridized carbons (Fsp3) is 0.562.